The lowest BCUT2D eigenvalue weighted by atomic mass is 10.1. The van der Waals surface area contributed by atoms with Crippen molar-refractivity contribution in [3.63, 3.8) is 0 Å². The Labute approximate surface area is 142 Å². The molecule has 1 fully saturated rings. The van der Waals surface area contributed by atoms with Crippen LogP contribution < -0.4 is 10.1 Å². The van der Waals surface area contributed by atoms with Crippen LogP contribution in [0.3, 0.4) is 0 Å². The second kappa shape index (κ2) is 8.33. The Bertz CT molecular complexity index is 602. The molecule has 0 aliphatic carbocycles. The number of amidine groups is 1. The number of rotatable bonds is 6. The first-order chi connectivity index (χ1) is 10.5. The quantitative estimate of drug-likeness (QED) is 0.604. The van der Waals surface area contributed by atoms with Gasteiger partial charge in [0.2, 0.25) is 5.91 Å². The molecule has 0 unspecified atom stereocenters. The number of carbonyl (C=O) groups excluding carboxylic acids is 1. The van der Waals surface area contributed by atoms with Gasteiger partial charge in [-0.05, 0) is 30.5 Å². The van der Waals surface area contributed by atoms with E-state index in [4.69, 9.17) is 4.74 Å². The molecule has 0 spiro atoms. The zero-order valence-electron chi connectivity index (χ0n) is 12.5. The number of nitrogens with one attached hydrogen (secondary N) is 1. The maximum atomic E-state index is 11.1. The maximum Gasteiger partial charge on any atom is 0.236 e. The van der Waals surface area contributed by atoms with Crippen LogP contribution in [0.2, 0.25) is 0 Å². The van der Waals surface area contributed by atoms with E-state index in [2.05, 4.69) is 45.3 Å². The third-order valence-corrected chi connectivity index (χ3v) is 4.21. The van der Waals surface area contributed by atoms with Gasteiger partial charge in [-0.3, -0.25) is 4.79 Å². The highest BCUT2D eigenvalue weighted by atomic mass is 79.9. The second-order valence-corrected chi connectivity index (χ2v) is 7.08. The van der Waals surface area contributed by atoms with Gasteiger partial charge in [0.05, 0.1) is 18.6 Å². The van der Waals surface area contributed by atoms with Crippen molar-refractivity contribution in [2.45, 2.75) is 20.3 Å². The summed E-state index contributed by atoms with van der Waals surface area (Å²) in [6.07, 6.45) is 2.63. The fourth-order valence-corrected chi connectivity index (χ4v) is 2.69. The highest BCUT2D eigenvalue weighted by Gasteiger charge is 2.16. The Kier molecular flexibility index (Phi) is 6.45. The lowest BCUT2D eigenvalue weighted by Crippen LogP contribution is -2.19. The molecule has 118 valence electrons. The van der Waals surface area contributed by atoms with Gasteiger partial charge in [-0.15, -0.1) is 5.10 Å². The summed E-state index contributed by atoms with van der Waals surface area (Å²) in [5.74, 6) is 1.73. The van der Waals surface area contributed by atoms with Crippen LogP contribution in [0.1, 0.15) is 25.8 Å². The summed E-state index contributed by atoms with van der Waals surface area (Å²) in [5.41, 5.74) is 0.844. The van der Waals surface area contributed by atoms with Crippen molar-refractivity contribution in [1.29, 1.82) is 0 Å². The number of thioether (sulfide) groups is 1. The molecule has 0 atom stereocenters. The van der Waals surface area contributed by atoms with E-state index < -0.39 is 0 Å². The Morgan fingerprint density at radius 1 is 1.50 bits per heavy atom. The summed E-state index contributed by atoms with van der Waals surface area (Å²) >= 11 is 4.78. The molecule has 1 saturated heterocycles. The predicted octanol–water partition coefficient (Wildman–Crippen LogP) is 3.43. The van der Waals surface area contributed by atoms with Crippen molar-refractivity contribution < 1.29 is 9.53 Å². The molecule has 1 aliphatic rings. The fraction of sp³-hybridized carbons (Fsp3) is 0.400. The molecule has 0 aromatic heterocycles. The first-order valence-corrected chi connectivity index (χ1v) is 8.78. The van der Waals surface area contributed by atoms with Crippen molar-refractivity contribution in [2.75, 3.05) is 12.4 Å². The van der Waals surface area contributed by atoms with Gasteiger partial charge in [-0.1, -0.05) is 41.5 Å². The van der Waals surface area contributed by atoms with Gasteiger partial charge in [0.25, 0.3) is 0 Å². The summed E-state index contributed by atoms with van der Waals surface area (Å²) < 4.78 is 6.75. The van der Waals surface area contributed by atoms with Crippen LogP contribution in [0, 0.1) is 5.92 Å². The molecule has 1 aromatic carbocycles. The van der Waals surface area contributed by atoms with Crippen LogP contribution in [0.4, 0.5) is 0 Å². The van der Waals surface area contributed by atoms with Crippen LogP contribution in [-0.2, 0) is 4.79 Å². The number of hydrogen-bond acceptors (Lipinski definition) is 5. The molecule has 22 heavy (non-hydrogen) atoms. The molecule has 7 heteroatoms. The Morgan fingerprint density at radius 3 is 3.00 bits per heavy atom. The number of hydrogen-bond donors (Lipinski definition) is 1. The molecule has 1 aliphatic heterocycles. The molecule has 0 radical (unpaired) electrons. The molecular formula is C15H18BrN3O2S. The molecule has 1 heterocycles. The normalized spacial score (nSPS) is 16.7. The first kappa shape index (κ1) is 17.0. The number of benzene rings is 1. The van der Waals surface area contributed by atoms with Crippen LogP contribution in [0.5, 0.6) is 5.75 Å². The third-order valence-electron chi connectivity index (χ3n) is 2.86. The number of carbonyl (C=O) groups is 1. The Morgan fingerprint density at radius 2 is 2.32 bits per heavy atom. The van der Waals surface area contributed by atoms with Gasteiger partial charge in [0.15, 0.2) is 5.17 Å². The summed E-state index contributed by atoms with van der Waals surface area (Å²) in [6.45, 7) is 4.99. The fourth-order valence-electron chi connectivity index (χ4n) is 1.68. The van der Waals surface area contributed by atoms with Crippen LogP contribution in [-0.4, -0.2) is 29.6 Å². The van der Waals surface area contributed by atoms with Crippen molar-refractivity contribution in [1.82, 2.24) is 5.32 Å². The standard InChI is InChI=1S/C15H18BrN3O2S/c1-10(2)5-6-21-13-4-3-12(16)7-11(13)8-17-19-15-18-14(20)9-22-15/h3-4,7-8,10H,5-6,9H2,1-2H3,(H,18,19,20). The van der Waals surface area contributed by atoms with Crippen molar-refractivity contribution in [3.05, 3.63) is 28.2 Å². The molecule has 1 N–H and O–H groups in total. The number of amides is 1. The van der Waals surface area contributed by atoms with Crippen LogP contribution >= 0.6 is 27.7 Å². The third kappa shape index (κ3) is 5.46. The monoisotopic (exact) mass is 383 g/mol. The van der Waals surface area contributed by atoms with E-state index in [1.165, 1.54) is 11.8 Å². The minimum atomic E-state index is -0.0425. The molecule has 2 rings (SSSR count). The second-order valence-electron chi connectivity index (χ2n) is 5.20. The topological polar surface area (TPSA) is 63.1 Å². The van der Waals surface area contributed by atoms with Gasteiger partial charge in [-0.2, -0.15) is 5.10 Å². The van der Waals surface area contributed by atoms with Crippen molar-refractivity contribution in [2.24, 2.45) is 16.1 Å². The van der Waals surface area contributed by atoms with E-state index in [-0.39, 0.29) is 5.91 Å². The molecule has 0 bridgehead atoms. The number of nitrogens with zero attached hydrogens (tertiary/aromatic N) is 2. The SMILES string of the molecule is CC(C)CCOc1ccc(Br)cc1C=NN=C1NC(=O)CS1. The maximum absolute atomic E-state index is 11.1. The lowest BCUT2D eigenvalue weighted by molar-refractivity contribution is -0.116. The predicted molar refractivity (Wildman–Crippen MR) is 94.7 cm³/mol. The summed E-state index contributed by atoms with van der Waals surface area (Å²) in [4.78, 5) is 11.1. The summed E-state index contributed by atoms with van der Waals surface area (Å²) in [7, 11) is 0. The summed E-state index contributed by atoms with van der Waals surface area (Å²) in [6, 6.07) is 5.76. The van der Waals surface area contributed by atoms with Crippen LogP contribution in [0.25, 0.3) is 0 Å². The average Bonchev–Trinajstić information content (AvgIpc) is 2.86. The zero-order valence-corrected chi connectivity index (χ0v) is 14.9. The van der Waals surface area contributed by atoms with E-state index in [0.29, 0.717) is 23.4 Å². The van der Waals surface area contributed by atoms with Crippen LogP contribution in [0.15, 0.2) is 32.9 Å². The largest absolute Gasteiger partial charge is 0.493 e. The van der Waals surface area contributed by atoms with E-state index in [1.807, 2.05) is 18.2 Å². The van der Waals surface area contributed by atoms with Crippen molar-refractivity contribution in [3.8, 4) is 5.75 Å². The minimum Gasteiger partial charge on any atom is -0.493 e. The van der Waals surface area contributed by atoms with E-state index in [9.17, 15) is 4.79 Å². The van der Waals surface area contributed by atoms with Gasteiger partial charge in [0, 0.05) is 10.0 Å². The van der Waals surface area contributed by atoms with E-state index >= 15 is 0 Å². The molecule has 1 amide bonds. The first-order valence-electron chi connectivity index (χ1n) is 7.00. The average molecular weight is 384 g/mol. The van der Waals surface area contributed by atoms with Gasteiger partial charge >= 0.3 is 0 Å². The molecule has 5 nitrogen and oxygen atoms in total. The summed E-state index contributed by atoms with van der Waals surface area (Å²) in [5, 5.41) is 11.2. The number of halogens is 1. The van der Waals surface area contributed by atoms with E-state index in [0.717, 1.165) is 22.2 Å². The van der Waals surface area contributed by atoms with E-state index in [1.54, 1.807) is 6.21 Å². The Hall–Kier alpha value is -1.34. The van der Waals surface area contributed by atoms with Gasteiger partial charge < -0.3 is 10.1 Å². The zero-order chi connectivity index (χ0) is 15.9. The lowest BCUT2D eigenvalue weighted by Gasteiger charge is -2.10. The highest BCUT2D eigenvalue weighted by molar-refractivity contribution is 9.10. The number of ether oxygens (including phenoxy) is 1. The Balaban J connectivity index is 2.04. The van der Waals surface area contributed by atoms with Gasteiger partial charge in [0.1, 0.15) is 5.75 Å². The van der Waals surface area contributed by atoms with Crippen molar-refractivity contribution >= 4 is 45.0 Å². The minimum absolute atomic E-state index is 0.0425. The van der Waals surface area contributed by atoms with Gasteiger partial charge in [-0.25, -0.2) is 0 Å². The molecular weight excluding hydrogens is 366 g/mol. The smallest absolute Gasteiger partial charge is 0.236 e. The highest BCUT2D eigenvalue weighted by Crippen LogP contribution is 2.22. The molecule has 1 aromatic rings. The molecule has 0 saturated carbocycles.